The van der Waals surface area contributed by atoms with Gasteiger partial charge in [0.25, 0.3) is 0 Å². The van der Waals surface area contributed by atoms with Gasteiger partial charge in [-0.25, -0.2) is 0 Å². The average Bonchev–Trinajstić information content (AvgIpc) is 2.10. The number of ether oxygens (including phenoxy) is 1. The quantitative estimate of drug-likeness (QED) is 0.631. The minimum absolute atomic E-state index is 0.240. The van der Waals surface area contributed by atoms with Crippen molar-refractivity contribution in [1.82, 2.24) is 0 Å². The summed E-state index contributed by atoms with van der Waals surface area (Å²) < 4.78 is 5.89. The molecule has 0 spiro atoms. The summed E-state index contributed by atoms with van der Waals surface area (Å²) in [5.74, 6) is -0.240. The van der Waals surface area contributed by atoms with Crippen molar-refractivity contribution in [3.8, 4) is 0 Å². The van der Waals surface area contributed by atoms with Crippen molar-refractivity contribution in [3.05, 3.63) is 32.4 Å². The first kappa shape index (κ1) is 11.8. The van der Waals surface area contributed by atoms with E-state index in [1.807, 2.05) is 18.2 Å². The molecule has 0 atom stereocenters. The fourth-order valence-electron chi connectivity index (χ4n) is 1.03. The van der Waals surface area contributed by atoms with Crippen molar-refractivity contribution >= 4 is 40.2 Å². The lowest BCUT2D eigenvalue weighted by molar-refractivity contribution is -0.142. The van der Waals surface area contributed by atoms with Crippen molar-refractivity contribution in [2.24, 2.45) is 0 Å². The molecule has 0 heterocycles. The number of carbonyl (C=O) groups excluding carboxylic acids is 1. The zero-order valence-corrected chi connectivity index (χ0v) is 10.6. The Morgan fingerprint density at radius 2 is 2.29 bits per heavy atom. The zero-order valence-electron chi connectivity index (χ0n) is 7.72. The van der Waals surface area contributed by atoms with E-state index in [-0.39, 0.29) is 12.4 Å². The second kappa shape index (κ2) is 5.56. The van der Waals surface area contributed by atoms with Gasteiger partial charge >= 0.3 is 5.97 Å². The minimum atomic E-state index is -0.240. The Bertz CT molecular complexity index is 339. The van der Waals surface area contributed by atoms with E-state index in [1.165, 1.54) is 0 Å². The maximum Gasteiger partial charge on any atom is 0.310 e. The Morgan fingerprint density at radius 1 is 1.57 bits per heavy atom. The van der Waals surface area contributed by atoms with Crippen LogP contribution in [-0.4, -0.2) is 12.6 Å². The maximum atomic E-state index is 11.2. The lowest BCUT2D eigenvalue weighted by Crippen LogP contribution is -2.07. The van der Waals surface area contributed by atoms with E-state index in [9.17, 15) is 4.79 Å². The van der Waals surface area contributed by atoms with Crippen LogP contribution in [0.1, 0.15) is 12.5 Å². The summed E-state index contributed by atoms with van der Waals surface area (Å²) in [5, 5.41) is 0.616. The van der Waals surface area contributed by atoms with Crippen molar-refractivity contribution in [2.75, 3.05) is 6.61 Å². The van der Waals surface area contributed by atoms with E-state index in [0.717, 1.165) is 9.13 Å². The molecule has 0 aliphatic rings. The van der Waals surface area contributed by atoms with Crippen LogP contribution in [-0.2, 0) is 16.0 Å². The normalized spacial score (nSPS) is 9.93. The molecule has 1 aromatic rings. The van der Waals surface area contributed by atoms with E-state index >= 15 is 0 Å². The molecule has 0 bridgehead atoms. The third kappa shape index (κ3) is 3.46. The van der Waals surface area contributed by atoms with Crippen LogP contribution in [0.5, 0.6) is 0 Å². The molecule has 0 aliphatic carbocycles. The van der Waals surface area contributed by atoms with Crippen LogP contribution in [0, 0.1) is 3.57 Å². The van der Waals surface area contributed by atoms with Crippen LogP contribution in [0.3, 0.4) is 0 Å². The highest BCUT2D eigenvalue weighted by Crippen LogP contribution is 2.19. The van der Waals surface area contributed by atoms with Crippen molar-refractivity contribution < 1.29 is 9.53 Å². The predicted molar refractivity (Wildman–Crippen MR) is 64.5 cm³/mol. The van der Waals surface area contributed by atoms with Crippen molar-refractivity contribution in [1.29, 1.82) is 0 Å². The highest BCUT2D eigenvalue weighted by atomic mass is 127. The molecule has 0 aromatic heterocycles. The molecule has 0 amide bonds. The van der Waals surface area contributed by atoms with Gasteiger partial charge in [-0.05, 0) is 47.2 Å². The molecular weight excluding hydrogens is 314 g/mol. The van der Waals surface area contributed by atoms with Gasteiger partial charge in [0.15, 0.2) is 0 Å². The summed E-state index contributed by atoms with van der Waals surface area (Å²) in [5.41, 5.74) is 0.811. The molecule has 0 aliphatic heterocycles. The molecule has 0 saturated heterocycles. The fourth-order valence-corrected chi connectivity index (χ4v) is 1.96. The summed E-state index contributed by atoms with van der Waals surface area (Å²) in [6.45, 7) is 2.19. The standard InChI is InChI=1S/C10H10ClIO2/c1-2-14-10(13)5-7-3-4-8(12)6-9(7)11/h3-4,6H,2,5H2,1H3. The SMILES string of the molecule is CCOC(=O)Cc1ccc(I)cc1Cl. The number of rotatable bonds is 3. The molecule has 1 rings (SSSR count). The van der Waals surface area contributed by atoms with Gasteiger partial charge in [0, 0.05) is 8.59 Å². The van der Waals surface area contributed by atoms with Gasteiger partial charge in [-0.1, -0.05) is 17.7 Å². The Kier molecular flexibility index (Phi) is 4.68. The zero-order chi connectivity index (χ0) is 10.6. The van der Waals surface area contributed by atoms with Crippen LogP contribution >= 0.6 is 34.2 Å². The third-order valence-corrected chi connectivity index (χ3v) is 2.68. The second-order valence-electron chi connectivity index (χ2n) is 2.72. The van der Waals surface area contributed by atoms with Gasteiger partial charge in [0.1, 0.15) is 0 Å². The number of carbonyl (C=O) groups is 1. The summed E-state index contributed by atoms with van der Waals surface area (Å²) in [6.07, 6.45) is 0.240. The largest absolute Gasteiger partial charge is 0.466 e. The van der Waals surface area contributed by atoms with Crippen LogP contribution in [0.2, 0.25) is 5.02 Å². The Morgan fingerprint density at radius 3 is 2.86 bits per heavy atom. The Labute approximate surface area is 102 Å². The number of benzene rings is 1. The number of hydrogen-bond acceptors (Lipinski definition) is 2. The molecule has 2 nitrogen and oxygen atoms in total. The van der Waals surface area contributed by atoms with Gasteiger partial charge in [-0.15, -0.1) is 0 Å². The van der Waals surface area contributed by atoms with E-state index < -0.39 is 0 Å². The highest BCUT2D eigenvalue weighted by Gasteiger charge is 2.07. The predicted octanol–water partition coefficient (Wildman–Crippen LogP) is 3.05. The van der Waals surface area contributed by atoms with Crippen LogP contribution in [0.25, 0.3) is 0 Å². The minimum Gasteiger partial charge on any atom is -0.466 e. The molecular formula is C10H10ClIO2. The summed E-state index contributed by atoms with van der Waals surface area (Å²) in [6, 6.07) is 5.60. The molecule has 76 valence electrons. The summed E-state index contributed by atoms with van der Waals surface area (Å²) in [7, 11) is 0. The molecule has 0 unspecified atom stereocenters. The summed E-state index contributed by atoms with van der Waals surface area (Å²) in [4.78, 5) is 11.2. The van der Waals surface area contributed by atoms with Gasteiger partial charge in [0.05, 0.1) is 13.0 Å². The maximum absolute atomic E-state index is 11.2. The number of hydrogen-bond donors (Lipinski definition) is 0. The molecule has 0 saturated carbocycles. The number of halogens is 2. The van der Waals surface area contributed by atoms with Crippen LogP contribution in [0.15, 0.2) is 18.2 Å². The summed E-state index contributed by atoms with van der Waals surface area (Å²) >= 11 is 8.13. The van der Waals surface area contributed by atoms with Crippen molar-refractivity contribution in [3.63, 3.8) is 0 Å². The van der Waals surface area contributed by atoms with Crippen molar-refractivity contribution in [2.45, 2.75) is 13.3 Å². The lowest BCUT2D eigenvalue weighted by atomic mass is 10.1. The van der Waals surface area contributed by atoms with Gasteiger partial charge in [-0.3, -0.25) is 4.79 Å². The molecule has 0 N–H and O–H groups in total. The highest BCUT2D eigenvalue weighted by molar-refractivity contribution is 14.1. The molecule has 0 radical (unpaired) electrons. The van der Waals surface area contributed by atoms with Crippen LogP contribution in [0.4, 0.5) is 0 Å². The number of esters is 1. The smallest absolute Gasteiger partial charge is 0.310 e. The fraction of sp³-hybridized carbons (Fsp3) is 0.300. The van der Waals surface area contributed by atoms with E-state index in [4.69, 9.17) is 16.3 Å². The van der Waals surface area contributed by atoms with Crippen LogP contribution < -0.4 is 0 Å². The molecule has 0 fully saturated rings. The van der Waals surface area contributed by atoms with E-state index in [1.54, 1.807) is 6.92 Å². The molecule has 4 heteroatoms. The topological polar surface area (TPSA) is 26.3 Å². The first-order valence-electron chi connectivity index (χ1n) is 4.23. The Hall–Kier alpha value is -0.290. The molecule has 14 heavy (non-hydrogen) atoms. The monoisotopic (exact) mass is 324 g/mol. The average molecular weight is 325 g/mol. The lowest BCUT2D eigenvalue weighted by Gasteiger charge is -2.04. The van der Waals surface area contributed by atoms with E-state index in [2.05, 4.69) is 22.6 Å². The first-order chi connectivity index (χ1) is 6.63. The first-order valence-corrected chi connectivity index (χ1v) is 5.68. The third-order valence-electron chi connectivity index (χ3n) is 1.66. The van der Waals surface area contributed by atoms with Gasteiger partial charge in [-0.2, -0.15) is 0 Å². The Balaban J connectivity index is 2.72. The van der Waals surface area contributed by atoms with Gasteiger partial charge < -0.3 is 4.74 Å². The van der Waals surface area contributed by atoms with Gasteiger partial charge in [0.2, 0.25) is 0 Å². The second-order valence-corrected chi connectivity index (χ2v) is 4.37. The molecule has 1 aromatic carbocycles. The van der Waals surface area contributed by atoms with E-state index in [0.29, 0.717) is 11.6 Å².